The van der Waals surface area contributed by atoms with E-state index in [1.807, 2.05) is 23.1 Å². The summed E-state index contributed by atoms with van der Waals surface area (Å²) < 4.78 is 6.06. The van der Waals surface area contributed by atoms with Gasteiger partial charge >= 0.3 is 0 Å². The Bertz CT molecular complexity index is 608. The van der Waals surface area contributed by atoms with Crippen LogP contribution in [0.5, 0.6) is 5.75 Å². The SMILES string of the molecule is CC(=O)N1CCCC(Oc2ccc3[nH]ncc3c2)CC1. The van der Waals surface area contributed by atoms with Crippen LogP contribution in [0.3, 0.4) is 0 Å². The first-order valence-electron chi connectivity index (χ1n) is 7.08. The zero-order valence-electron chi connectivity index (χ0n) is 11.6. The van der Waals surface area contributed by atoms with Crippen molar-refractivity contribution in [2.45, 2.75) is 32.3 Å². The maximum Gasteiger partial charge on any atom is 0.219 e. The highest BCUT2D eigenvalue weighted by molar-refractivity contribution is 5.79. The van der Waals surface area contributed by atoms with Crippen molar-refractivity contribution in [3.63, 3.8) is 0 Å². The van der Waals surface area contributed by atoms with Crippen LogP contribution in [0.1, 0.15) is 26.2 Å². The van der Waals surface area contributed by atoms with E-state index in [1.54, 1.807) is 13.1 Å². The van der Waals surface area contributed by atoms with E-state index >= 15 is 0 Å². The summed E-state index contributed by atoms with van der Waals surface area (Å²) in [5, 5.41) is 7.99. The van der Waals surface area contributed by atoms with Crippen molar-refractivity contribution in [2.24, 2.45) is 0 Å². The first-order chi connectivity index (χ1) is 9.72. The van der Waals surface area contributed by atoms with Crippen molar-refractivity contribution < 1.29 is 9.53 Å². The average Bonchev–Trinajstić information content (AvgIpc) is 2.76. The summed E-state index contributed by atoms with van der Waals surface area (Å²) in [5.41, 5.74) is 1.01. The molecule has 0 saturated carbocycles. The molecule has 0 radical (unpaired) electrons. The number of hydrogen-bond donors (Lipinski definition) is 1. The van der Waals surface area contributed by atoms with E-state index in [-0.39, 0.29) is 12.0 Å². The monoisotopic (exact) mass is 273 g/mol. The lowest BCUT2D eigenvalue weighted by Gasteiger charge is -2.19. The van der Waals surface area contributed by atoms with Gasteiger partial charge in [-0.25, -0.2) is 0 Å². The second-order valence-corrected chi connectivity index (χ2v) is 5.30. The Morgan fingerprint density at radius 1 is 1.40 bits per heavy atom. The van der Waals surface area contributed by atoms with Crippen molar-refractivity contribution in [3.8, 4) is 5.75 Å². The lowest BCUT2D eigenvalue weighted by molar-refractivity contribution is -0.128. The van der Waals surface area contributed by atoms with Crippen LogP contribution in [0.15, 0.2) is 24.4 Å². The summed E-state index contributed by atoms with van der Waals surface area (Å²) in [5.74, 6) is 1.03. The molecule has 1 unspecified atom stereocenters. The standard InChI is InChI=1S/C15H19N3O2/c1-11(19)18-7-2-3-13(6-8-18)20-14-4-5-15-12(9-14)10-16-17-15/h4-5,9-10,13H,2-3,6-8H2,1H3,(H,16,17). The van der Waals surface area contributed by atoms with Crippen LogP contribution in [0.2, 0.25) is 0 Å². The number of nitrogens with one attached hydrogen (secondary N) is 1. The Morgan fingerprint density at radius 3 is 3.15 bits per heavy atom. The van der Waals surface area contributed by atoms with Gasteiger partial charge in [0.2, 0.25) is 5.91 Å². The summed E-state index contributed by atoms with van der Waals surface area (Å²) in [4.78, 5) is 13.3. The lowest BCUT2D eigenvalue weighted by atomic mass is 10.1. The van der Waals surface area contributed by atoms with Gasteiger partial charge in [-0.15, -0.1) is 0 Å². The van der Waals surface area contributed by atoms with Gasteiger partial charge < -0.3 is 9.64 Å². The van der Waals surface area contributed by atoms with Crippen LogP contribution in [-0.4, -0.2) is 40.2 Å². The van der Waals surface area contributed by atoms with Crippen molar-refractivity contribution in [1.29, 1.82) is 0 Å². The third-order valence-corrected chi connectivity index (χ3v) is 3.83. The van der Waals surface area contributed by atoms with Crippen LogP contribution in [0.4, 0.5) is 0 Å². The molecule has 20 heavy (non-hydrogen) atoms. The van der Waals surface area contributed by atoms with Crippen LogP contribution in [-0.2, 0) is 4.79 Å². The Labute approximate surface area is 117 Å². The molecule has 2 aromatic rings. The Kier molecular flexibility index (Phi) is 3.58. The third-order valence-electron chi connectivity index (χ3n) is 3.83. The van der Waals surface area contributed by atoms with Gasteiger partial charge in [-0.3, -0.25) is 9.89 Å². The molecular formula is C15H19N3O2. The molecule has 0 aliphatic carbocycles. The normalized spacial score (nSPS) is 19.9. The molecule has 5 nitrogen and oxygen atoms in total. The van der Waals surface area contributed by atoms with Crippen molar-refractivity contribution in [3.05, 3.63) is 24.4 Å². The van der Waals surface area contributed by atoms with Gasteiger partial charge in [0.25, 0.3) is 0 Å². The Morgan fingerprint density at radius 2 is 2.30 bits per heavy atom. The molecule has 106 valence electrons. The second kappa shape index (κ2) is 5.53. The molecule has 2 heterocycles. The van der Waals surface area contributed by atoms with Gasteiger partial charge in [-0.1, -0.05) is 0 Å². The summed E-state index contributed by atoms with van der Waals surface area (Å²) in [6.45, 7) is 3.26. The maximum atomic E-state index is 11.4. The van der Waals surface area contributed by atoms with E-state index in [0.717, 1.165) is 49.0 Å². The molecule has 1 aromatic heterocycles. The number of H-pyrrole nitrogens is 1. The third kappa shape index (κ3) is 2.76. The van der Waals surface area contributed by atoms with Crippen LogP contribution in [0.25, 0.3) is 10.9 Å². The molecule has 1 N–H and O–H groups in total. The molecule has 0 spiro atoms. The largest absolute Gasteiger partial charge is 0.490 e. The number of fused-ring (bicyclic) bond motifs is 1. The molecule has 5 heteroatoms. The molecule has 1 fully saturated rings. The van der Waals surface area contributed by atoms with Gasteiger partial charge in [0.15, 0.2) is 0 Å². The number of hydrogen-bond acceptors (Lipinski definition) is 3. The maximum absolute atomic E-state index is 11.4. The number of ether oxygens (including phenoxy) is 1. The predicted octanol–water partition coefficient (Wildman–Crippen LogP) is 2.34. The first-order valence-corrected chi connectivity index (χ1v) is 7.08. The summed E-state index contributed by atoms with van der Waals surface area (Å²) >= 11 is 0. The molecule has 1 aliphatic heterocycles. The first kappa shape index (κ1) is 13.0. The number of aromatic nitrogens is 2. The highest BCUT2D eigenvalue weighted by Crippen LogP contribution is 2.23. The quantitative estimate of drug-likeness (QED) is 0.913. The van der Waals surface area contributed by atoms with E-state index in [2.05, 4.69) is 10.2 Å². The molecule has 1 aromatic carbocycles. The molecule has 0 bridgehead atoms. The summed E-state index contributed by atoms with van der Waals surface area (Å²) in [6, 6.07) is 5.96. The highest BCUT2D eigenvalue weighted by Gasteiger charge is 2.19. The fourth-order valence-electron chi connectivity index (χ4n) is 2.69. The van der Waals surface area contributed by atoms with Crippen LogP contribution < -0.4 is 4.74 Å². The van der Waals surface area contributed by atoms with E-state index < -0.39 is 0 Å². The van der Waals surface area contributed by atoms with E-state index in [4.69, 9.17) is 4.74 Å². The predicted molar refractivity (Wildman–Crippen MR) is 76.6 cm³/mol. The fourth-order valence-corrected chi connectivity index (χ4v) is 2.69. The van der Waals surface area contributed by atoms with Crippen LogP contribution in [0, 0.1) is 0 Å². The van der Waals surface area contributed by atoms with Gasteiger partial charge in [0.1, 0.15) is 11.9 Å². The topological polar surface area (TPSA) is 58.2 Å². The molecular weight excluding hydrogens is 254 g/mol. The van der Waals surface area contributed by atoms with E-state index in [9.17, 15) is 4.79 Å². The number of likely N-dealkylation sites (tertiary alicyclic amines) is 1. The van der Waals surface area contributed by atoms with Crippen molar-refractivity contribution >= 4 is 16.8 Å². The lowest BCUT2D eigenvalue weighted by Crippen LogP contribution is -2.30. The minimum Gasteiger partial charge on any atom is -0.490 e. The number of amides is 1. The van der Waals surface area contributed by atoms with Gasteiger partial charge in [-0.2, -0.15) is 5.10 Å². The smallest absolute Gasteiger partial charge is 0.219 e. The summed E-state index contributed by atoms with van der Waals surface area (Å²) in [6.07, 6.45) is 4.87. The zero-order valence-corrected chi connectivity index (χ0v) is 11.6. The minimum atomic E-state index is 0.158. The van der Waals surface area contributed by atoms with Crippen molar-refractivity contribution in [2.75, 3.05) is 13.1 Å². The highest BCUT2D eigenvalue weighted by atomic mass is 16.5. The van der Waals surface area contributed by atoms with Crippen molar-refractivity contribution in [1.82, 2.24) is 15.1 Å². The molecule has 1 aliphatic rings. The fraction of sp³-hybridized carbons (Fsp3) is 0.467. The Hall–Kier alpha value is -2.04. The number of rotatable bonds is 2. The summed E-state index contributed by atoms with van der Waals surface area (Å²) in [7, 11) is 0. The molecule has 1 atom stereocenters. The average molecular weight is 273 g/mol. The molecule has 1 saturated heterocycles. The number of carbonyl (C=O) groups is 1. The number of aromatic amines is 1. The number of benzene rings is 1. The number of nitrogens with zero attached hydrogens (tertiary/aromatic N) is 2. The van der Waals surface area contributed by atoms with Crippen LogP contribution >= 0.6 is 0 Å². The zero-order chi connectivity index (χ0) is 13.9. The molecule has 3 rings (SSSR count). The number of carbonyl (C=O) groups excluding carboxylic acids is 1. The minimum absolute atomic E-state index is 0.158. The Balaban J connectivity index is 1.66. The van der Waals surface area contributed by atoms with E-state index in [0.29, 0.717) is 0 Å². The molecule has 1 amide bonds. The van der Waals surface area contributed by atoms with Gasteiger partial charge in [-0.05, 0) is 31.0 Å². The second-order valence-electron chi connectivity index (χ2n) is 5.30. The van der Waals surface area contributed by atoms with E-state index in [1.165, 1.54) is 0 Å². The van der Waals surface area contributed by atoms with Gasteiger partial charge in [0, 0.05) is 31.8 Å². The van der Waals surface area contributed by atoms with Gasteiger partial charge in [0.05, 0.1) is 11.7 Å².